The minimum atomic E-state index is -0.959. The molecule has 27 heavy (non-hydrogen) atoms. The van der Waals surface area contributed by atoms with Crippen molar-refractivity contribution in [2.75, 3.05) is 0 Å². The van der Waals surface area contributed by atoms with E-state index in [1.54, 1.807) is 19.3 Å². The molecule has 0 spiro atoms. The molecule has 11 heteroatoms. The highest BCUT2D eigenvalue weighted by Gasteiger charge is 2.17. The van der Waals surface area contributed by atoms with Gasteiger partial charge in [0.1, 0.15) is 23.7 Å². The first-order chi connectivity index (χ1) is 12.9. The third kappa shape index (κ3) is 4.44. The lowest BCUT2D eigenvalue weighted by Crippen LogP contribution is -2.12. The van der Waals surface area contributed by atoms with Crippen molar-refractivity contribution >= 4 is 27.8 Å². The van der Waals surface area contributed by atoms with Crippen LogP contribution in [0.15, 0.2) is 47.1 Å². The van der Waals surface area contributed by atoms with Gasteiger partial charge in [-0.3, -0.25) is 15.1 Å². The Morgan fingerprint density at radius 2 is 2.00 bits per heavy atom. The van der Waals surface area contributed by atoms with Gasteiger partial charge in [0.05, 0.1) is 10.6 Å². The summed E-state index contributed by atoms with van der Waals surface area (Å²) in [5, 5.41) is 18.6. The second-order valence-electron chi connectivity index (χ2n) is 5.26. The Morgan fingerprint density at radius 1 is 1.26 bits per heavy atom. The van der Waals surface area contributed by atoms with Gasteiger partial charge in [0.15, 0.2) is 0 Å². The van der Waals surface area contributed by atoms with Gasteiger partial charge in [0.2, 0.25) is 0 Å². The zero-order chi connectivity index (χ0) is 19.4. The maximum absolute atomic E-state index is 11.9. The van der Waals surface area contributed by atoms with E-state index in [4.69, 9.17) is 9.47 Å². The molecule has 0 unspecified atom stereocenters. The summed E-state index contributed by atoms with van der Waals surface area (Å²) >= 11 is 3.31. The number of hydrogen-bond donors (Lipinski definition) is 0. The molecule has 0 saturated carbocycles. The van der Waals surface area contributed by atoms with Gasteiger partial charge >= 0.3 is 6.16 Å². The second kappa shape index (κ2) is 7.91. The number of rotatable bonds is 5. The van der Waals surface area contributed by atoms with Crippen molar-refractivity contribution in [3.05, 3.63) is 62.9 Å². The molecule has 0 atom stereocenters. The van der Waals surface area contributed by atoms with E-state index in [1.165, 1.54) is 28.9 Å². The van der Waals surface area contributed by atoms with Crippen LogP contribution >= 0.6 is 15.9 Å². The third-order valence-electron chi connectivity index (χ3n) is 3.49. The van der Waals surface area contributed by atoms with Gasteiger partial charge in [-0.2, -0.15) is 0 Å². The van der Waals surface area contributed by atoms with Crippen molar-refractivity contribution in [3.8, 4) is 17.1 Å². The number of hydrogen-bond acceptors (Lipinski definition) is 8. The highest BCUT2D eigenvalue weighted by Crippen LogP contribution is 2.22. The van der Waals surface area contributed by atoms with Crippen LogP contribution in [-0.2, 0) is 18.4 Å². The monoisotopic (exact) mass is 433 g/mol. The van der Waals surface area contributed by atoms with Crippen LogP contribution in [0.25, 0.3) is 11.4 Å². The average Bonchev–Trinajstić information content (AvgIpc) is 3.01. The predicted octanol–water partition coefficient (Wildman–Crippen LogP) is 3.26. The summed E-state index contributed by atoms with van der Waals surface area (Å²) in [5.41, 5.74) is 1.48. The molecular formula is C16H12BrN5O5. The lowest BCUT2D eigenvalue weighted by Gasteiger charge is -2.07. The van der Waals surface area contributed by atoms with Crippen molar-refractivity contribution in [2.45, 2.75) is 6.61 Å². The van der Waals surface area contributed by atoms with Crippen LogP contribution in [0.2, 0.25) is 0 Å². The number of nitrogens with zero attached hydrogens (tertiary/aromatic N) is 5. The Bertz CT molecular complexity index is 972. The fraction of sp³-hybridized carbons (Fsp3) is 0.125. The summed E-state index contributed by atoms with van der Waals surface area (Å²) in [6, 6.07) is 8.64. The predicted molar refractivity (Wildman–Crippen MR) is 95.8 cm³/mol. The minimum absolute atomic E-state index is 0.108. The zero-order valence-corrected chi connectivity index (χ0v) is 15.5. The number of benzene rings is 1. The summed E-state index contributed by atoms with van der Waals surface area (Å²) in [4.78, 5) is 26.2. The molecule has 0 bridgehead atoms. The fourth-order valence-electron chi connectivity index (χ4n) is 2.14. The Kier molecular flexibility index (Phi) is 5.41. The number of ether oxygens (including phenoxy) is 2. The van der Waals surface area contributed by atoms with E-state index in [1.807, 2.05) is 6.07 Å². The maximum atomic E-state index is 11.9. The zero-order valence-electron chi connectivity index (χ0n) is 13.9. The Labute approximate surface area is 161 Å². The van der Waals surface area contributed by atoms with Gasteiger partial charge in [-0.15, -0.1) is 5.10 Å². The quantitative estimate of drug-likeness (QED) is 0.260. The first-order valence-electron chi connectivity index (χ1n) is 7.53. The van der Waals surface area contributed by atoms with Gasteiger partial charge in [-0.25, -0.2) is 9.48 Å². The number of pyridine rings is 1. The smallest absolute Gasteiger partial charge is 0.427 e. The highest BCUT2D eigenvalue weighted by molar-refractivity contribution is 9.10. The molecule has 0 radical (unpaired) electrons. The molecule has 0 aliphatic heterocycles. The van der Waals surface area contributed by atoms with E-state index >= 15 is 0 Å². The Balaban J connectivity index is 1.66. The molecule has 1 aromatic carbocycles. The first-order valence-corrected chi connectivity index (χ1v) is 8.33. The summed E-state index contributed by atoms with van der Waals surface area (Å²) in [5.74, 6) is 0.128. The van der Waals surface area contributed by atoms with E-state index in [0.717, 1.165) is 4.47 Å². The molecule has 2 heterocycles. The molecule has 3 aromatic rings. The molecule has 2 aromatic heterocycles. The van der Waals surface area contributed by atoms with Crippen LogP contribution in [0.5, 0.6) is 5.75 Å². The SMILES string of the molecule is Cn1nnc(-c2ccc(Br)cn2)c1COC(=O)Oc1ccc([N+](=O)[O-])cc1. The van der Waals surface area contributed by atoms with E-state index in [9.17, 15) is 14.9 Å². The number of non-ortho nitro benzene ring substituents is 1. The summed E-state index contributed by atoms with van der Waals surface area (Å²) in [6.07, 6.45) is 0.664. The van der Waals surface area contributed by atoms with E-state index in [0.29, 0.717) is 17.1 Å². The first kappa shape index (κ1) is 18.5. The molecule has 138 valence electrons. The van der Waals surface area contributed by atoms with Crippen LogP contribution in [0, 0.1) is 10.1 Å². The number of aryl methyl sites for hydroxylation is 1. The highest BCUT2D eigenvalue weighted by atomic mass is 79.9. The fourth-order valence-corrected chi connectivity index (χ4v) is 2.38. The maximum Gasteiger partial charge on any atom is 0.514 e. The number of carbonyl (C=O) groups is 1. The van der Waals surface area contributed by atoms with Crippen LogP contribution < -0.4 is 4.74 Å². The Hall–Kier alpha value is -3.34. The molecule has 0 aliphatic carbocycles. The Morgan fingerprint density at radius 3 is 2.63 bits per heavy atom. The summed E-state index contributed by atoms with van der Waals surface area (Å²) in [6.45, 7) is -0.137. The minimum Gasteiger partial charge on any atom is -0.427 e. The summed E-state index contributed by atoms with van der Waals surface area (Å²) < 4.78 is 12.4. The lowest BCUT2D eigenvalue weighted by atomic mass is 10.2. The molecule has 0 fully saturated rings. The van der Waals surface area contributed by atoms with E-state index in [2.05, 4.69) is 31.2 Å². The number of aromatic nitrogens is 4. The molecule has 0 amide bonds. The molecule has 3 rings (SSSR count). The van der Waals surface area contributed by atoms with Crippen LogP contribution in [0.3, 0.4) is 0 Å². The molecular weight excluding hydrogens is 422 g/mol. The number of nitro benzene ring substituents is 1. The van der Waals surface area contributed by atoms with Gasteiger partial charge < -0.3 is 9.47 Å². The normalized spacial score (nSPS) is 10.4. The van der Waals surface area contributed by atoms with Gasteiger partial charge in [-0.05, 0) is 40.2 Å². The van der Waals surface area contributed by atoms with Crippen molar-refractivity contribution in [1.29, 1.82) is 0 Å². The van der Waals surface area contributed by atoms with E-state index < -0.39 is 11.1 Å². The molecule has 0 saturated heterocycles. The van der Waals surface area contributed by atoms with Gasteiger partial charge in [-0.1, -0.05) is 5.21 Å². The van der Waals surface area contributed by atoms with Gasteiger partial charge in [0.25, 0.3) is 5.69 Å². The van der Waals surface area contributed by atoms with Crippen LogP contribution in [-0.4, -0.2) is 31.1 Å². The molecule has 0 N–H and O–H groups in total. The van der Waals surface area contributed by atoms with Crippen molar-refractivity contribution in [1.82, 2.24) is 20.0 Å². The van der Waals surface area contributed by atoms with Gasteiger partial charge in [0, 0.05) is 29.8 Å². The largest absolute Gasteiger partial charge is 0.514 e. The van der Waals surface area contributed by atoms with E-state index in [-0.39, 0.29) is 18.0 Å². The van der Waals surface area contributed by atoms with Crippen LogP contribution in [0.1, 0.15) is 5.69 Å². The summed E-state index contributed by atoms with van der Waals surface area (Å²) in [7, 11) is 1.66. The van der Waals surface area contributed by atoms with Crippen LogP contribution in [0.4, 0.5) is 10.5 Å². The molecule has 10 nitrogen and oxygen atoms in total. The number of nitro groups is 1. The number of carbonyl (C=O) groups excluding carboxylic acids is 1. The average molecular weight is 434 g/mol. The number of halogens is 1. The lowest BCUT2D eigenvalue weighted by molar-refractivity contribution is -0.384. The van der Waals surface area contributed by atoms with Crippen molar-refractivity contribution in [3.63, 3.8) is 0 Å². The van der Waals surface area contributed by atoms with Crippen molar-refractivity contribution < 1.29 is 19.2 Å². The molecule has 0 aliphatic rings. The topological polar surface area (TPSA) is 122 Å². The second-order valence-corrected chi connectivity index (χ2v) is 6.18. The standard InChI is InChI=1S/C16H12BrN5O5/c1-21-14(15(19-20-21)13-7-2-10(17)8-18-13)9-26-16(23)27-12-5-3-11(4-6-12)22(24)25/h2-8H,9H2,1H3. The van der Waals surface area contributed by atoms with Crippen molar-refractivity contribution in [2.24, 2.45) is 7.05 Å². The third-order valence-corrected chi connectivity index (χ3v) is 3.96.